The lowest BCUT2D eigenvalue weighted by atomic mass is 10.3. The van der Waals surface area contributed by atoms with Crippen molar-refractivity contribution in [2.75, 3.05) is 5.32 Å². The molecule has 1 aromatic heterocycles. The number of thiophene rings is 1. The Hall–Kier alpha value is -1.04. The van der Waals surface area contributed by atoms with Crippen LogP contribution < -0.4 is 11.1 Å². The van der Waals surface area contributed by atoms with Crippen molar-refractivity contribution in [2.24, 2.45) is 5.73 Å². The van der Waals surface area contributed by atoms with Crippen molar-refractivity contribution in [1.82, 2.24) is 0 Å². The lowest BCUT2D eigenvalue weighted by Crippen LogP contribution is -2.09. The van der Waals surface area contributed by atoms with E-state index in [1.165, 1.54) is 11.3 Å². The van der Waals surface area contributed by atoms with Gasteiger partial charge in [-0.2, -0.15) is 0 Å². The molecule has 0 bridgehead atoms. The normalized spacial score (nSPS) is 10.3. The molecule has 2 rings (SSSR count). The highest BCUT2D eigenvalue weighted by atomic mass is 79.9. The summed E-state index contributed by atoms with van der Waals surface area (Å²) in [4.78, 5) is 12.0. The Morgan fingerprint density at radius 1 is 1.50 bits per heavy atom. The Balaban J connectivity index is 2.07. The molecule has 3 nitrogen and oxygen atoms in total. The molecule has 3 N–H and O–H groups in total. The van der Waals surface area contributed by atoms with Gasteiger partial charge in [0, 0.05) is 16.8 Å². The second kappa shape index (κ2) is 5.73. The number of carbonyl (C=O) groups excluding carboxylic acids is 1. The van der Waals surface area contributed by atoms with E-state index in [1.807, 2.05) is 18.2 Å². The molecular weight excluding hydrogens is 336 g/mol. The van der Waals surface area contributed by atoms with Gasteiger partial charge in [-0.1, -0.05) is 17.7 Å². The zero-order chi connectivity index (χ0) is 13.1. The highest BCUT2D eigenvalue weighted by molar-refractivity contribution is 9.10. The minimum Gasteiger partial charge on any atom is -0.379 e. The van der Waals surface area contributed by atoms with E-state index in [0.717, 1.165) is 15.0 Å². The lowest BCUT2D eigenvalue weighted by molar-refractivity contribution is 0.100. The molecule has 94 valence electrons. The molecule has 1 amide bonds. The highest BCUT2D eigenvalue weighted by Gasteiger charge is 2.06. The number of primary amides is 1. The highest BCUT2D eigenvalue weighted by Crippen LogP contribution is 2.30. The smallest absolute Gasteiger partial charge is 0.249 e. The Bertz CT molecular complexity index is 585. The summed E-state index contributed by atoms with van der Waals surface area (Å²) >= 11 is 10.9. The Labute approximate surface area is 122 Å². The zero-order valence-electron chi connectivity index (χ0n) is 9.24. The predicted molar refractivity (Wildman–Crippen MR) is 79.3 cm³/mol. The van der Waals surface area contributed by atoms with Crippen LogP contribution in [0.15, 0.2) is 34.1 Å². The van der Waals surface area contributed by atoms with Crippen LogP contribution >= 0.6 is 38.9 Å². The van der Waals surface area contributed by atoms with E-state index in [9.17, 15) is 4.79 Å². The first-order chi connectivity index (χ1) is 8.58. The molecule has 0 saturated heterocycles. The van der Waals surface area contributed by atoms with Crippen molar-refractivity contribution in [2.45, 2.75) is 6.54 Å². The van der Waals surface area contributed by atoms with Gasteiger partial charge in [-0.3, -0.25) is 4.79 Å². The summed E-state index contributed by atoms with van der Waals surface area (Å²) in [5.41, 5.74) is 6.66. The zero-order valence-corrected chi connectivity index (χ0v) is 12.4. The maximum Gasteiger partial charge on any atom is 0.249 e. The Kier molecular flexibility index (Phi) is 4.27. The Morgan fingerprint density at radius 3 is 2.94 bits per heavy atom. The van der Waals surface area contributed by atoms with Crippen LogP contribution in [0.3, 0.4) is 0 Å². The van der Waals surface area contributed by atoms with Crippen LogP contribution in [0.2, 0.25) is 5.02 Å². The average Bonchev–Trinajstić information content (AvgIpc) is 2.80. The van der Waals surface area contributed by atoms with Crippen LogP contribution in [-0.2, 0) is 6.54 Å². The minimum atomic E-state index is -0.401. The van der Waals surface area contributed by atoms with Crippen LogP contribution in [0.1, 0.15) is 15.2 Å². The standard InChI is InChI=1S/C12H10BrClN2OS/c13-11-9(14)2-1-3-10(11)16-5-8-4-7(6-18-8)12(15)17/h1-4,6,16H,5H2,(H2,15,17). The summed E-state index contributed by atoms with van der Waals surface area (Å²) in [5.74, 6) is -0.401. The van der Waals surface area contributed by atoms with Crippen LogP contribution in [-0.4, -0.2) is 5.91 Å². The van der Waals surface area contributed by atoms with Gasteiger partial charge in [-0.25, -0.2) is 0 Å². The van der Waals surface area contributed by atoms with Gasteiger partial charge in [0.25, 0.3) is 0 Å². The van der Waals surface area contributed by atoms with E-state index in [0.29, 0.717) is 17.1 Å². The third-order valence-corrected chi connectivity index (χ3v) is 4.68. The first-order valence-electron chi connectivity index (χ1n) is 5.13. The largest absolute Gasteiger partial charge is 0.379 e. The summed E-state index contributed by atoms with van der Waals surface area (Å²) in [7, 11) is 0. The molecule has 2 aromatic rings. The molecule has 0 spiro atoms. The molecule has 0 atom stereocenters. The topological polar surface area (TPSA) is 55.1 Å². The van der Waals surface area contributed by atoms with E-state index in [-0.39, 0.29) is 0 Å². The van der Waals surface area contributed by atoms with E-state index >= 15 is 0 Å². The summed E-state index contributed by atoms with van der Waals surface area (Å²) in [5, 5.41) is 5.66. The molecule has 0 unspecified atom stereocenters. The van der Waals surface area contributed by atoms with E-state index < -0.39 is 5.91 Å². The monoisotopic (exact) mass is 344 g/mol. The predicted octanol–water partition coefficient (Wildman–Crippen LogP) is 3.88. The SMILES string of the molecule is NC(=O)c1csc(CNc2cccc(Cl)c2Br)c1. The van der Waals surface area contributed by atoms with E-state index in [2.05, 4.69) is 21.2 Å². The quantitative estimate of drug-likeness (QED) is 0.883. The molecule has 0 saturated carbocycles. The molecule has 0 aliphatic carbocycles. The Morgan fingerprint density at radius 2 is 2.28 bits per heavy atom. The van der Waals surface area contributed by atoms with Gasteiger partial charge in [-0.15, -0.1) is 11.3 Å². The number of nitrogens with one attached hydrogen (secondary N) is 1. The summed E-state index contributed by atoms with van der Waals surface area (Å²) in [6.45, 7) is 0.622. The number of anilines is 1. The fourth-order valence-electron chi connectivity index (χ4n) is 1.43. The number of nitrogens with two attached hydrogens (primary N) is 1. The number of carbonyl (C=O) groups is 1. The second-order valence-electron chi connectivity index (χ2n) is 3.62. The fraction of sp³-hybridized carbons (Fsp3) is 0.0833. The molecule has 0 radical (unpaired) electrons. The first kappa shape index (κ1) is 13.4. The van der Waals surface area contributed by atoms with Crippen molar-refractivity contribution in [3.05, 3.63) is 49.6 Å². The average molecular weight is 346 g/mol. The van der Waals surface area contributed by atoms with Crippen molar-refractivity contribution in [3.8, 4) is 0 Å². The molecule has 1 aromatic carbocycles. The van der Waals surface area contributed by atoms with Gasteiger partial charge in [0.2, 0.25) is 5.91 Å². The third-order valence-electron chi connectivity index (χ3n) is 2.34. The summed E-state index contributed by atoms with van der Waals surface area (Å²) in [6, 6.07) is 7.41. The van der Waals surface area contributed by atoms with E-state index in [4.69, 9.17) is 17.3 Å². The summed E-state index contributed by atoms with van der Waals surface area (Å²) in [6.07, 6.45) is 0. The number of hydrogen-bond acceptors (Lipinski definition) is 3. The van der Waals surface area contributed by atoms with Gasteiger partial charge in [-0.05, 0) is 34.1 Å². The molecule has 0 aliphatic heterocycles. The molecule has 6 heteroatoms. The van der Waals surface area contributed by atoms with Crippen molar-refractivity contribution >= 4 is 50.5 Å². The van der Waals surface area contributed by atoms with Gasteiger partial charge in [0.1, 0.15) is 0 Å². The van der Waals surface area contributed by atoms with Gasteiger partial charge < -0.3 is 11.1 Å². The number of amides is 1. The van der Waals surface area contributed by atoms with Crippen LogP contribution in [0.4, 0.5) is 5.69 Å². The maximum absolute atomic E-state index is 11.0. The number of halogens is 2. The second-order valence-corrected chi connectivity index (χ2v) is 5.82. The van der Waals surface area contributed by atoms with E-state index in [1.54, 1.807) is 11.4 Å². The first-order valence-corrected chi connectivity index (χ1v) is 7.18. The molecular formula is C12H10BrClN2OS. The molecule has 1 heterocycles. The number of benzene rings is 1. The summed E-state index contributed by atoms with van der Waals surface area (Å²) < 4.78 is 0.832. The lowest BCUT2D eigenvalue weighted by Gasteiger charge is -2.08. The van der Waals surface area contributed by atoms with Gasteiger partial charge in [0.05, 0.1) is 20.7 Å². The van der Waals surface area contributed by atoms with Crippen LogP contribution in [0.5, 0.6) is 0 Å². The van der Waals surface area contributed by atoms with Crippen molar-refractivity contribution in [3.63, 3.8) is 0 Å². The number of rotatable bonds is 4. The third kappa shape index (κ3) is 3.04. The van der Waals surface area contributed by atoms with Gasteiger partial charge >= 0.3 is 0 Å². The van der Waals surface area contributed by atoms with Crippen LogP contribution in [0, 0.1) is 0 Å². The minimum absolute atomic E-state index is 0.401. The molecule has 0 fully saturated rings. The van der Waals surface area contributed by atoms with Crippen molar-refractivity contribution < 1.29 is 4.79 Å². The van der Waals surface area contributed by atoms with Gasteiger partial charge in [0.15, 0.2) is 0 Å². The molecule has 18 heavy (non-hydrogen) atoms. The maximum atomic E-state index is 11.0. The molecule has 0 aliphatic rings. The van der Waals surface area contributed by atoms with Crippen LogP contribution in [0.25, 0.3) is 0 Å². The fourth-order valence-corrected chi connectivity index (χ4v) is 2.82. The van der Waals surface area contributed by atoms with Crippen molar-refractivity contribution in [1.29, 1.82) is 0 Å². The number of hydrogen-bond donors (Lipinski definition) is 2.